The zero-order valence-corrected chi connectivity index (χ0v) is 18.6. The van der Waals surface area contributed by atoms with Gasteiger partial charge in [0.15, 0.2) is 0 Å². The fourth-order valence-electron chi connectivity index (χ4n) is 5.32. The van der Waals surface area contributed by atoms with Crippen molar-refractivity contribution in [2.75, 3.05) is 26.2 Å². The highest BCUT2D eigenvalue weighted by molar-refractivity contribution is 5.82. The number of hydrogen-bond acceptors (Lipinski definition) is 3. The van der Waals surface area contributed by atoms with Crippen molar-refractivity contribution >= 4 is 11.8 Å². The van der Waals surface area contributed by atoms with Gasteiger partial charge in [-0.3, -0.25) is 14.5 Å². The number of hydrogen-bond donors (Lipinski definition) is 1. The fraction of sp³-hybridized carbons (Fsp3) is 0.680. The molecule has 0 radical (unpaired) electrons. The number of carbonyl (C=O) groups excluding carboxylic acids is 2. The van der Waals surface area contributed by atoms with E-state index in [9.17, 15) is 9.59 Å². The van der Waals surface area contributed by atoms with Crippen LogP contribution >= 0.6 is 0 Å². The van der Waals surface area contributed by atoms with Crippen LogP contribution in [0, 0.1) is 23.7 Å². The zero-order valence-electron chi connectivity index (χ0n) is 18.6. The summed E-state index contributed by atoms with van der Waals surface area (Å²) in [7, 11) is 0. The number of nitrogens with one attached hydrogen (secondary N) is 1. The van der Waals surface area contributed by atoms with Crippen molar-refractivity contribution in [3.63, 3.8) is 0 Å². The predicted molar refractivity (Wildman–Crippen MR) is 119 cm³/mol. The van der Waals surface area contributed by atoms with Gasteiger partial charge in [0.2, 0.25) is 11.8 Å². The van der Waals surface area contributed by atoms with Crippen LogP contribution < -0.4 is 5.32 Å². The van der Waals surface area contributed by atoms with Crippen molar-refractivity contribution in [3.8, 4) is 0 Å². The van der Waals surface area contributed by atoms with E-state index in [0.29, 0.717) is 12.5 Å². The van der Waals surface area contributed by atoms with E-state index in [4.69, 9.17) is 0 Å². The van der Waals surface area contributed by atoms with Crippen LogP contribution in [0.5, 0.6) is 0 Å². The van der Waals surface area contributed by atoms with Crippen LogP contribution in [-0.2, 0) is 22.7 Å². The van der Waals surface area contributed by atoms with Crippen molar-refractivity contribution in [1.29, 1.82) is 0 Å². The van der Waals surface area contributed by atoms with Crippen molar-refractivity contribution in [3.05, 3.63) is 35.4 Å². The molecule has 0 aromatic heterocycles. The largest absolute Gasteiger partial charge is 0.352 e. The van der Waals surface area contributed by atoms with Crippen LogP contribution in [0.2, 0.25) is 0 Å². The summed E-state index contributed by atoms with van der Waals surface area (Å²) in [5.41, 5.74) is 2.54. The summed E-state index contributed by atoms with van der Waals surface area (Å²) < 4.78 is 0. The van der Waals surface area contributed by atoms with E-state index >= 15 is 0 Å². The third-order valence-electron chi connectivity index (χ3n) is 7.01. The lowest BCUT2D eigenvalue weighted by atomic mass is 9.91. The Balaban J connectivity index is 1.27. The van der Waals surface area contributed by atoms with Crippen LogP contribution in [-0.4, -0.2) is 47.8 Å². The molecule has 3 aliphatic rings. The number of benzene rings is 1. The van der Waals surface area contributed by atoms with Gasteiger partial charge in [0.05, 0.1) is 0 Å². The van der Waals surface area contributed by atoms with Gasteiger partial charge >= 0.3 is 0 Å². The molecule has 1 aliphatic carbocycles. The van der Waals surface area contributed by atoms with Gasteiger partial charge in [-0.25, -0.2) is 0 Å². The Morgan fingerprint density at radius 1 is 0.933 bits per heavy atom. The van der Waals surface area contributed by atoms with Gasteiger partial charge < -0.3 is 10.2 Å². The number of rotatable bonds is 6. The maximum absolute atomic E-state index is 12.8. The minimum Gasteiger partial charge on any atom is -0.352 e. The fourth-order valence-corrected chi connectivity index (χ4v) is 5.32. The molecule has 164 valence electrons. The molecule has 1 N–H and O–H groups in total. The van der Waals surface area contributed by atoms with Crippen molar-refractivity contribution in [1.82, 2.24) is 15.1 Å². The number of carbonyl (C=O) groups is 2. The molecule has 2 unspecified atom stereocenters. The van der Waals surface area contributed by atoms with E-state index in [1.54, 1.807) is 0 Å². The lowest BCUT2D eigenvalue weighted by Gasteiger charge is -2.35. The van der Waals surface area contributed by atoms with E-state index in [2.05, 4.69) is 48.3 Å². The normalized spacial score (nSPS) is 25.9. The van der Waals surface area contributed by atoms with Gasteiger partial charge in [-0.15, -0.1) is 0 Å². The molecule has 2 aliphatic heterocycles. The summed E-state index contributed by atoms with van der Waals surface area (Å²) in [5, 5.41) is 3.18. The summed E-state index contributed by atoms with van der Waals surface area (Å²) in [6, 6.07) is 8.51. The summed E-state index contributed by atoms with van der Waals surface area (Å²) in [6.07, 6.45) is 4.99. The molecule has 0 spiro atoms. The molecule has 2 atom stereocenters. The van der Waals surface area contributed by atoms with Gasteiger partial charge in [-0.1, -0.05) is 38.1 Å². The molecule has 2 heterocycles. The van der Waals surface area contributed by atoms with E-state index in [1.165, 1.54) is 17.5 Å². The lowest BCUT2D eigenvalue weighted by Crippen LogP contribution is -2.43. The standard InChI is InChI=1S/C25H37N3O2/c1-18-13-19(2)16-27(15-18)17-23-6-4-3-5-22(23)14-26-24(29)20-9-11-28(12-10-20)25(30)21-7-8-21/h3-6,18-21H,7-17H2,1-2H3,(H,26,29). The second-order valence-corrected chi connectivity index (χ2v) is 10.0. The Kier molecular flexibility index (Phi) is 6.77. The van der Waals surface area contributed by atoms with Crippen LogP contribution in [0.3, 0.4) is 0 Å². The first-order valence-electron chi connectivity index (χ1n) is 11.8. The number of piperidine rings is 2. The second-order valence-electron chi connectivity index (χ2n) is 10.0. The molecule has 1 aromatic carbocycles. The molecule has 2 saturated heterocycles. The molecule has 4 rings (SSSR count). The molecule has 30 heavy (non-hydrogen) atoms. The van der Waals surface area contributed by atoms with Gasteiger partial charge in [-0.2, -0.15) is 0 Å². The number of amides is 2. The van der Waals surface area contributed by atoms with E-state index in [0.717, 1.165) is 70.2 Å². The minimum absolute atomic E-state index is 0.0317. The molecule has 1 saturated carbocycles. The molecular formula is C25H37N3O2. The molecule has 0 bridgehead atoms. The highest BCUT2D eigenvalue weighted by Gasteiger charge is 2.36. The summed E-state index contributed by atoms with van der Waals surface area (Å²) in [5.74, 6) is 2.26. The van der Waals surface area contributed by atoms with Crippen LogP contribution in [0.1, 0.15) is 57.1 Å². The van der Waals surface area contributed by atoms with Crippen molar-refractivity contribution in [2.24, 2.45) is 23.7 Å². The average molecular weight is 412 g/mol. The Morgan fingerprint density at radius 2 is 1.57 bits per heavy atom. The van der Waals surface area contributed by atoms with Gasteiger partial charge in [-0.05, 0) is 55.1 Å². The Morgan fingerprint density at radius 3 is 2.20 bits per heavy atom. The van der Waals surface area contributed by atoms with Gasteiger partial charge in [0.25, 0.3) is 0 Å². The summed E-state index contributed by atoms with van der Waals surface area (Å²) >= 11 is 0. The Hall–Kier alpha value is -1.88. The third-order valence-corrected chi connectivity index (χ3v) is 7.01. The van der Waals surface area contributed by atoms with Crippen molar-refractivity contribution in [2.45, 2.75) is 59.0 Å². The molecule has 5 heteroatoms. The van der Waals surface area contributed by atoms with Gasteiger partial charge in [0, 0.05) is 51.1 Å². The molecular weight excluding hydrogens is 374 g/mol. The number of nitrogens with zero attached hydrogens (tertiary/aromatic N) is 2. The Labute approximate surface area is 181 Å². The third kappa shape index (κ3) is 5.42. The van der Waals surface area contributed by atoms with Crippen molar-refractivity contribution < 1.29 is 9.59 Å². The Bertz CT molecular complexity index is 743. The molecule has 1 aromatic rings. The molecule has 3 fully saturated rings. The minimum atomic E-state index is 0.0317. The zero-order chi connectivity index (χ0) is 21.1. The van der Waals surface area contributed by atoms with E-state index < -0.39 is 0 Å². The van der Waals surface area contributed by atoms with Crippen LogP contribution in [0.4, 0.5) is 0 Å². The molecule has 5 nitrogen and oxygen atoms in total. The topological polar surface area (TPSA) is 52.7 Å². The predicted octanol–water partition coefficient (Wildman–Crippen LogP) is 3.43. The first-order valence-corrected chi connectivity index (χ1v) is 11.8. The van der Waals surface area contributed by atoms with Crippen LogP contribution in [0.25, 0.3) is 0 Å². The van der Waals surface area contributed by atoms with Crippen LogP contribution in [0.15, 0.2) is 24.3 Å². The highest BCUT2D eigenvalue weighted by Crippen LogP contribution is 2.32. The number of likely N-dealkylation sites (tertiary alicyclic amines) is 2. The summed E-state index contributed by atoms with van der Waals surface area (Å²) in [4.78, 5) is 29.5. The smallest absolute Gasteiger partial charge is 0.225 e. The van der Waals surface area contributed by atoms with E-state index in [-0.39, 0.29) is 17.7 Å². The maximum atomic E-state index is 12.8. The second kappa shape index (κ2) is 9.51. The average Bonchev–Trinajstić information content (AvgIpc) is 3.57. The van der Waals surface area contributed by atoms with Gasteiger partial charge in [0.1, 0.15) is 0 Å². The SMILES string of the molecule is CC1CC(C)CN(Cc2ccccc2CNC(=O)C2CCN(C(=O)C3CC3)CC2)C1. The van der Waals surface area contributed by atoms with E-state index in [1.807, 2.05) is 4.90 Å². The first kappa shape index (κ1) is 21.4. The lowest BCUT2D eigenvalue weighted by molar-refractivity contribution is -0.136. The summed E-state index contributed by atoms with van der Waals surface area (Å²) in [6.45, 7) is 10.0. The first-order chi connectivity index (χ1) is 14.5. The maximum Gasteiger partial charge on any atom is 0.225 e. The monoisotopic (exact) mass is 411 g/mol. The highest BCUT2D eigenvalue weighted by atomic mass is 16.2. The molecule has 2 amide bonds. The quantitative estimate of drug-likeness (QED) is 0.780.